The molecule has 1 heterocycles. The van der Waals surface area contributed by atoms with Crippen molar-refractivity contribution in [3.05, 3.63) is 24.3 Å². The lowest BCUT2D eigenvalue weighted by Crippen LogP contribution is -2.43. The van der Waals surface area contributed by atoms with E-state index in [1.807, 2.05) is 13.8 Å². The van der Waals surface area contributed by atoms with Crippen LogP contribution in [0.4, 0.5) is 0 Å². The van der Waals surface area contributed by atoms with Gasteiger partial charge in [-0.25, -0.2) is 0 Å². The minimum Gasteiger partial charge on any atom is -0.373 e. The van der Waals surface area contributed by atoms with Crippen LogP contribution in [0, 0.1) is 5.92 Å². The predicted octanol–water partition coefficient (Wildman–Crippen LogP) is 3.87. The number of fused-ring (bicyclic) bond motifs is 1. The van der Waals surface area contributed by atoms with Crippen LogP contribution < -0.4 is 0 Å². The van der Waals surface area contributed by atoms with E-state index in [9.17, 15) is 0 Å². The van der Waals surface area contributed by atoms with Crippen molar-refractivity contribution in [1.29, 1.82) is 0 Å². The van der Waals surface area contributed by atoms with Crippen molar-refractivity contribution in [1.82, 2.24) is 0 Å². The Labute approximate surface area is 100 Å². The first-order chi connectivity index (χ1) is 6.70. The number of hydrogen-bond acceptors (Lipinski definition) is 2. The van der Waals surface area contributed by atoms with Gasteiger partial charge in [0.05, 0.1) is 6.10 Å². The highest BCUT2D eigenvalue weighted by molar-refractivity contribution is 7.81. The van der Waals surface area contributed by atoms with Crippen LogP contribution >= 0.6 is 12.6 Å². The molecule has 1 aliphatic heterocycles. The molecule has 0 spiro atoms. The van der Waals surface area contributed by atoms with Crippen LogP contribution in [0.1, 0.15) is 34.6 Å². The van der Waals surface area contributed by atoms with Gasteiger partial charge in [0.25, 0.3) is 0 Å². The van der Waals surface area contributed by atoms with Gasteiger partial charge in [0.2, 0.25) is 0 Å². The molecular formula is C13H24OS. The summed E-state index contributed by atoms with van der Waals surface area (Å²) in [5.41, 5.74) is 0. The third kappa shape index (κ3) is 3.39. The highest BCUT2D eigenvalue weighted by atomic mass is 32.1. The summed E-state index contributed by atoms with van der Waals surface area (Å²) in [6.07, 6.45) is 9.76. The largest absolute Gasteiger partial charge is 0.373 e. The van der Waals surface area contributed by atoms with E-state index in [2.05, 4.69) is 43.9 Å². The Kier molecular flexibility index (Phi) is 6.30. The zero-order valence-corrected chi connectivity index (χ0v) is 10.1. The molecule has 0 N–H and O–H groups in total. The molecule has 2 aliphatic rings. The number of ether oxygens (including phenoxy) is 1. The molecule has 3 unspecified atom stereocenters. The molecule has 0 aromatic rings. The molecule has 1 nitrogen and oxygen atoms in total. The van der Waals surface area contributed by atoms with Crippen LogP contribution in [0.2, 0.25) is 0 Å². The maximum atomic E-state index is 5.63. The van der Waals surface area contributed by atoms with Gasteiger partial charge in [0.15, 0.2) is 0 Å². The van der Waals surface area contributed by atoms with Crippen LogP contribution in [0.15, 0.2) is 24.3 Å². The molecule has 0 radical (unpaired) electrons. The van der Waals surface area contributed by atoms with Crippen molar-refractivity contribution in [3.8, 4) is 0 Å². The molecule has 0 amide bonds. The van der Waals surface area contributed by atoms with Gasteiger partial charge in [-0.2, -0.15) is 12.6 Å². The second kappa shape index (κ2) is 6.39. The van der Waals surface area contributed by atoms with Gasteiger partial charge >= 0.3 is 0 Å². The van der Waals surface area contributed by atoms with Gasteiger partial charge in [-0.3, -0.25) is 0 Å². The average molecular weight is 228 g/mol. The molecular weight excluding hydrogens is 204 g/mol. The fourth-order valence-electron chi connectivity index (χ4n) is 1.88. The first-order valence-corrected chi connectivity index (χ1v) is 5.84. The van der Waals surface area contributed by atoms with Crippen molar-refractivity contribution < 1.29 is 4.74 Å². The zero-order chi connectivity index (χ0) is 10.6. The molecule has 3 atom stereocenters. The fourth-order valence-corrected chi connectivity index (χ4v) is 2.20. The Morgan fingerprint density at radius 1 is 1.27 bits per heavy atom. The Hall–Kier alpha value is -0.210. The lowest BCUT2D eigenvalue weighted by Gasteiger charge is -2.41. The minimum atomic E-state index is 0. The van der Waals surface area contributed by atoms with Crippen LogP contribution in [-0.4, -0.2) is 17.5 Å². The quantitative estimate of drug-likeness (QED) is 0.619. The van der Waals surface area contributed by atoms with Gasteiger partial charge in [0.1, 0.15) is 0 Å². The summed E-state index contributed by atoms with van der Waals surface area (Å²) in [7, 11) is 0. The molecule has 15 heavy (non-hydrogen) atoms. The second-order valence-corrected chi connectivity index (χ2v) is 4.76. The minimum absolute atomic E-state index is 0. The van der Waals surface area contributed by atoms with Gasteiger partial charge in [-0.15, -0.1) is 0 Å². The van der Waals surface area contributed by atoms with Crippen LogP contribution in [0.5, 0.6) is 0 Å². The van der Waals surface area contributed by atoms with Crippen molar-refractivity contribution in [2.75, 3.05) is 6.61 Å². The van der Waals surface area contributed by atoms with E-state index in [0.717, 1.165) is 13.0 Å². The summed E-state index contributed by atoms with van der Waals surface area (Å²) in [6, 6.07) is 0. The molecule has 2 heteroatoms. The normalized spacial score (nSPS) is 37.1. The van der Waals surface area contributed by atoms with E-state index in [-0.39, 0.29) is 18.3 Å². The van der Waals surface area contributed by atoms with E-state index < -0.39 is 0 Å². The van der Waals surface area contributed by atoms with Gasteiger partial charge in [-0.1, -0.05) is 45.6 Å². The van der Waals surface area contributed by atoms with Gasteiger partial charge in [-0.05, 0) is 13.3 Å². The number of hydrogen-bond donors (Lipinski definition) is 1. The summed E-state index contributed by atoms with van der Waals surface area (Å²) in [6.45, 7) is 7.03. The Morgan fingerprint density at radius 2 is 1.87 bits per heavy atom. The average Bonchev–Trinajstić information content (AvgIpc) is 2.21. The van der Waals surface area contributed by atoms with E-state index in [1.165, 1.54) is 0 Å². The molecule has 0 saturated carbocycles. The van der Waals surface area contributed by atoms with E-state index >= 15 is 0 Å². The van der Waals surface area contributed by atoms with Crippen molar-refractivity contribution in [2.24, 2.45) is 5.92 Å². The third-order valence-electron chi connectivity index (χ3n) is 2.72. The molecule has 0 aromatic heterocycles. The van der Waals surface area contributed by atoms with Crippen LogP contribution in [0.3, 0.4) is 0 Å². The third-order valence-corrected chi connectivity index (χ3v) is 3.24. The first kappa shape index (κ1) is 14.8. The monoisotopic (exact) mass is 228 g/mol. The van der Waals surface area contributed by atoms with Crippen molar-refractivity contribution in [3.63, 3.8) is 0 Å². The Morgan fingerprint density at radius 3 is 2.47 bits per heavy atom. The summed E-state index contributed by atoms with van der Waals surface area (Å²) in [5, 5.41) is 0. The summed E-state index contributed by atoms with van der Waals surface area (Å²) in [5.74, 6) is 0.444. The lowest BCUT2D eigenvalue weighted by atomic mass is 9.81. The van der Waals surface area contributed by atoms with Crippen LogP contribution in [-0.2, 0) is 4.74 Å². The number of allylic oxidation sites excluding steroid dienone is 2. The molecule has 0 aromatic carbocycles. The summed E-state index contributed by atoms with van der Waals surface area (Å²) in [4.78, 5) is 0. The molecule has 2 rings (SSSR count). The topological polar surface area (TPSA) is 9.23 Å². The lowest BCUT2D eigenvalue weighted by molar-refractivity contribution is 0.00324. The second-order valence-electron chi connectivity index (χ2n) is 3.74. The van der Waals surface area contributed by atoms with E-state index in [0.29, 0.717) is 5.92 Å². The molecule has 1 aliphatic carbocycles. The predicted molar refractivity (Wildman–Crippen MR) is 71.6 cm³/mol. The number of rotatable bonds is 0. The molecule has 1 saturated heterocycles. The van der Waals surface area contributed by atoms with Crippen molar-refractivity contribution in [2.45, 2.75) is 45.5 Å². The fraction of sp³-hybridized carbons (Fsp3) is 0.692. The first-order valence-electron chi connectivity index (χ1n) is 5.39. The smallest absolute Gasteiger partial charge is 0.0834 e. The molecule has 1 fully saturated rings. The van der Waals surface area contributed by atoms with Crippen LogP contribution in [0.25, 0.3) is 0 Å². The zero-order valence-electron chi connectivity index (χ0n) is 9.23. The summed E-state index contributed by atoms with van der Waals surface area (Å²) < 4.78 is 5.73. The summed E-state index contributed by atoms with van der Waals surface area (Å²) >= 11 is 4.68. The maximum absolute atomic E-state index is 5.63. The van der Waals surface area contributed by atoms with Gasteiger partial charge < -0.3 is 4.74 Å². The van der Waals surface area contributed by atoms with E-state index in [4.69, 9.17) is 4.74 Å². The maximum Gasteiger partial charge on any atom is 0.0834 e. The standard InChI is InChI=1S/C10H14OS.C2H6.CH4/c1-10(12)6-7-11-9-5-3-2-4-8(9)10;1-2;/h2-5,8-9,12H,6-7H2,1H3;1-2H3;1H4. The Bertz CT molecular complexity index is 231. The highest BCUT2D eigenvalue weighted by Gasteiger charge is 2.38. The number of thiol groups is 1. The highest BCUT2D eigenvalue weighted by Crippen LogP contribution is 2.38. The SMILES string of the molecule is C.CC.CC1(S)CCOC2C=CC=CC21. The van der Waals surface area contributed by atoms with E-state index in [1.54, 1.807) is 0 Å². The molecule has 0 bridgehead atoms. The molecule has 88 valence electrons. The van der Waals surface area contributed by atoms with Gasteiger partial charge in [0, 0.05) is 17.3 Å². The Balaban J connectivity index is 0.000000617. The van der Waals surface area contributed by atoms with Crippen molar-refractivity contribution >= 4 is 12.6 Å².